The largest absolute Gasteiger partial charge is 0.456 e. The van der Waals surface area contributed by atoms with Gasteiger partial charge in [0.15, 0.2) is 5.69 Å². The van der Waals surface area contributed by atoms with Crippen molar-refractivity contribution in [2.24, 2.45) is 0 Å². The molecule has 0 spiro atoms. The summed E-state index contributed by atoms with van der Waals surface area (Å²) in [5.74, 6) is -0.645. The molecule has 0 aliphatic rings. The van der Waals surface area contributed by atoms with Crippen LogP contribution in [0.5, 0.6) is 0 Å². The van der Waals surface area contributed by atoms with E-state index in [2.05, 4.69) is 25.8 Å². The zero-order chi connectivity index (χ0) is 17.2. The predicted molar refractivity (Wildman–Crippen MR) is 93.5 cm³/mol. The Hall–Kier alpha value is -1.29. The lowest BCUT2D eigenvalue weighted by Crippen LogP contribution is -2.11. The van der Waals surface area contributed by atoms with Crippen molar-refractivity contribution in [2.75, 3.05) is 0 Å². The molecule has 3 nitrogen and oxygen atoms in total. The summed E-state index contributed by atoms with van der Waals surface area (Å²) >= 11 is 17.6. The first-order valence-electron chi connectivity index (χ1n) is 6.96. The standard InChI is InChI=1S/C17H16Cl3NO2/c1-17(2,3)11-6-4-10(5-7-11)9-23-16(22)15-14(20)13(19)12(18)8-21-15/h4-8H,9H2,1-3H3. The average molecular weight is 373 g/mol. The highest BCUT2D eigenvalue weighted by atomic mass is 35.5. The van der Waals surface area contributed by atoms with Gasteiger partial charge in [-0.3, -0.25) is 0 Å². The number of rotatable bonds is 3. The molecule has 0 fully saturated rings. The van der Waals surface area contributed by atoms with Crippen molar-refractivity contribution in [3.63, 3.8) is 0 Å². The number of pyridine rings is 1. The van der Waals surface area contributed by atoms with Gasteiger partial charge in [0.05, 0.1) is 15.1 Å². The van der Waals surface area contributed by atoms with Crippen molar-refractivity contribution in [3.05, 3.63) is 62.4 Å². The van der Waals surface area contributed by atoms with E-state index in [1.165, 1.54) is 11.8 Å². The molecule has 2 aromatic rings. The number of hydrogen-bond donors (Lipinski definition) is 0. The predicted octanol–water partition coefficient (Wildman–Crippen LogP) is 5.70. The molecule has 122 valence electrons. The second-order valence-electron chi connectivity index (χ2n) is 6.11. The van der Waals surface area contributed by atoms with Gasteiger partial charge in [-0.05, 0) is 16.5 Å². The van der Waals surface area contributed by atoms with Gasteiger partial charge in [-0.25, -0.2) is 9.78 Å². The van der Waals surface area contributed by atoms with Crippen molar-refractivity contribution < 1.29 is 9.53 Å². The molecule has 0 atom stereocenters. The zero-order valence-corrected chi connectivity index (χ0v) is 15.3. The smallest absolute Gasteiger partial charge is 0.358 e. The molecule has 1 aromatic carbocycles. The number of aromatic nitrogens is 1. The molecule has 0 saturated heterocycles. The van der Waals surface area contributed by atoms with Crippen LogP contribution in [0.15, 0.2) is 30.5 Å². The third kappa shape index (κ3) is 4.37. The number of benzene rings is 1. The third-order valence-corrected chi connectivity index (χ3v) is 4.54. The molecule has 0 aliphatic carbocycles. The lowest BCUT2D eigenvalue weighted by atomic mass is 9.87. The first-order chi connectivity index (χ1) is 10.7. The van der Waals surface area contributed by atoms with E-state index < -0.39 is 5.97 Å². The molecule has 0 radical (unpaired) electrons. The van der Waals surface area contributed by atoms with Crippen LogP contribution in [-0.4, -0.2) is 11.0 Å². The Labute approximate surface area is 150 Å². The summed E-state index contributed by atoms with van der Waals surface area (Å²) in [5, 5.41) is 0.267. The number of carbonyl (C=O) groups excluding carboxylic acids is 1. The number of hydrogen-bond acceptors (Lipinski definition) is 3. The number of esters is 1. The monoisotopic (exact) mass is 371 g/mol. The topological polar surface area (TPSA) is 39.2 Å². The fraction of sp³-hybridized carbons (Fsp3) is 0.294. The van der Waals surface area contributed by atoms with Gasteiger partial charge in [-0.15, -0.1) is 0 Å². The lowest BCUT2D eigenvalue weighted by molar-refractivity contribution is 0.0466. The molecular weight excluding hydrogens is 357 g/mol. The van der Waals surface area contributed by atoms with Crippen LogP contribution in [0, 0.1) is 0 Å². The highest BCUT2D eigenvalue weighted by Crippen LogP contribution is 2.31. The highest BCUT2D eigenvalue weighted by molar-refractivity contribution is 6.48. The van der Waals surface area contributed by atoms with E-state index in [0.717, 1.165) is 5.56 Å². The van der Waals surface area contributed by atoms with Crippen LogP contribution in [0.1, 0.15) is 42.4 Å². The van der Waals surface area contributed by atoms with E-state index in [0.29, 0.717) is 0 Å². The number of halogens is 3. The lowest BCUT2D eigenvalue weighted by Gasteiger charge is -2.19. The summed E-state index contributed by atoms with van der Waals surface area (Å²) in [4.78, 5) is 15.9. The van der Waals surface area contributed by atoms with Gasteiger partial charge in [0, 0.05) is 6.20 Å². The Morgan fingerprint density at radius 3 is 2.26 bits per heavy atom. The average Bonchev–Trinajstić information content (AvgIpc) is 2.50. The van der Waals surface area contributed by atoms with E-state index >= 15 is 0 Å². The van der Waals surface area contributed by atoms with Crippen molar-refractivity contribution in [2.45, 2.75) is 32.8 Å². The normalized spacial score (nSPS) is 11.4. The number of ether oxygens (including phenoxy) is 1. The fourth-order valence-corrected chi connectivity index (χ4v) is 2.46. The Morgan fingerprint density at radius 1 is 1.09 bits per heavy atom. The second-order valence-corrected chi connectivity index (χ2v) is 7.27. The molecule has 1 aromatic heterocycles. The third-order valence-electron chi connectivity index (χ3n) is 3.30. The number of carbonyl (C=O) groups is 1. The summed E-state index contributed by atoms with van der Waals surface area (Å²) in [6, 6.07) is 7.90. The van der Waals surface area contributed by atoms with Crippen LogP contribution in [0.4, 0.5) is 0 Å². The number of nitrogens with zero attached hydrogens (tertiary/aromatic N) is 1. The zero-order valence-electron chi connectivity index (χ0n) is 13.0. The Balaban J connectivity index is 2.06. The van der Waals surface area contributed by atoms with Gasteiger partial charge in [0.25, 0.3) is 0 Å². The van der Waals surface area contributed by atoms with Crippen LogP contribution in [0.25, 0.3) is 0 Å². The van der Waals surface area contributed by atoms with Crippen molar-refractivity contribution in [1.29, 1.82) is 0 Å². The molecule has 23 heavy (non-hydrogen) atoms. The molecule has 0 aliphatic heterocycles. The van der Waals surface area contributed by atoms with Crippen LogP contribution in [0.3, 0.4) is 0 Å². The van der Waals surface area contributed by atoms with E-state index in [1.807, 2.05) is 24.3 Å². The van der Waals surface area contributed by atoms with Gasteiger partial charge in [0.1, 0.15) is 6.61 Å². The molecule has 0 bridgehead atoms. The summed E-state index contributed by atoms with van der Waals surface area (Å²) in [7, 11) is 0. The van der Waals surface area contributed by atoms with Crippen LogP contribution < -0.4 is 0 Å². The molecule has 2 rings (SSSR count). The Bertz CT molecular complexity index is 722. The summed E-state index contributed by atoms with van der Waals surface area (Å²) in [6.07, 6.45) is 1.27. The minimum atomic E-state index is -0.645. The molecule has 0 N–H and O–H groups in total. The molecule has 6 heteroatoms. The minimum absolute atomic E-state index is 0.00718. The van der Waals surface area contributed by atoms with Crippen LogP contribution in [-0.2, 0) is 16.8 Å². The fourth-order valence-electron chi connectivity index (χ4n) is 1.90. The maximum Gasteiger partial charge on any atom is 0.358 e. The van der Waals surface area contributed by atoms with Crippen LogP contribution >= 0.6 is 34.8 Å². The maximum absolute atomic E-state index is 12.1. The summed E-state index contributed by atoms with van der Waals surface area (Å²) in [5.41, 5.74) is 2.11. The Morgan fingerprint density at radius 2 is 1.70 bits per heavy atom. The second kappa shape index (κ2) is 7.08. The highest BCUT2D eigenvalue weighted by Gasteiger charge is 2.18. The SMILES string of the molecule is CC(C)(C)c1ccc(COC(=O)c2ncc(Cl)c(Cl)c2Cl)cc1. The van der Waals surface area contributed by atoms with Crippen molar-refractivity contribution in [1.82, 2.24) is 4.98 Å². The van der Waals surface area contributed by atoms with Gasteiger partial charge < -0.3 is 4.74 Å². The van der Waals surface area contributed by atoms with Gasteiger partial charge in [-0.2, -0.15) is 0 Å². The summed E-state index contributed by atoms with van der Waals surface area (Å²) < 4.78 is 5.23. The van der Waals surface area contributed by atoms with Crippen molar-refractivity contribution in [3.8, 4) is 0 Å². The van der Waals surface area contributed by atoms with Gasteiger partial charge in [0.2, 0.25) is 0 Å². The maximum atomic E-state index is 12.1. The minimum Gasteiger partial charge on any atom is -0.456 e. The van der Waals surface area contributed by atoms with E-state index in [1.54, 1.807) is 0 Å². The quantitative estimate of drug-likeness (QED) is 0.649. The first kappa shape index (κ1) is 18.1. The van der Waals surface area contributed by atoms with E-state index in [4.69, 9.17) is 39.5 Å². The van der Waals surface area contributed by atoms with Crippen LogP contribution in [0.2, 0.25) is 15.1 Å². The molecule has 0 unspecified atom stereocenters. The van der Waals surface area contributed by atoms with Crippen molar-refractivity contribution >= 4 is 40.8 Å². The molecule has 0 saturated carbocycles. The van der Waals surface area contributed by atoms with E-state index in [9.17, 15) is 4.79 Å². The summed E-state index contributed by atoms with van der Waals surface area (Å²) in [6.45, 7) is 6.54. The molecular formula is C17H16Cl3NO2. The molecule has 1 heterocycles. The first-order valence-corrected chi connectivity index (χ1v) is 8.09. The van der Waals surface area contributed by atoms with Gasteiger partial charge in [-0.1, -0.05) is 79.8 Å². The van der Waals surface area contributed by atoms with E-state index in [-0.39, 0.29) is 32.8 Å². The Kier molecular flexibility index (Phi) is 5.56. The van der Waals surface area contributed by atoms with Gasteiger partial charge >= 0.3 is 5.97 Å². The molecule has 0 amide bonds.